The highest BCUT2D eigenvalue weighted by molar-refractivity contribution is 5.18. The van der Waals surface area contributed by atoms with E-state index in [9.17, 15) is 0 Å². The largest absolute Gasteiger partial charge is 0.0816 e. The molecule has 8 atom stereocenters. The molecule has 0 bridgehead atoms. The van der Waals surface area contributed by atoms with Gasteiger partial charge >= 0.3 is 0 Å². The molecular weight excluding hydrogens is 793 g/mol. The highest BCUT2D eigenvalue weighted by Crippen LogP contribution is 2.63. The van der Waals surface area contributed by atoms with Gasteiger partial charge in [0.25, 0.3) is 0 Å². The minimum Gasteiger partial charge on any atom is -0.0816 e. The third-order valence-corrected chi connectivity index (χ3v) is 24.5. The van der Waals surface area contributed by atoms with E-state index in [2.05, 4.69) is 23.3 Å². The van der Waals surface area contributed by atoms with Crippen LogP contribution < -0.4 is 0 Å². The van der Waals surface area contributed by atoms with Crippen LogP contribution in [0.2, 0.25) is 0 Å². The van der Waals surface area contributed by atoms with E-state index in [1.54, 1.807) is 167 Å². The van der Waals surface area contributed by atoms with Gasteiger partial charge in [-0.3, -0.25) is 0 Å². The molecule has 11 aliphatic rings. The highest BCUT2D eigenvalue weighted by Gasteiger charge is 2.55. The molecular formula is C66H108. The normalized spacial score (nSPS) is 43.8. The third kappa shape index (κ3) is 11.1. The lowest BCUT2D eigenvalue weighted by Crippen LogP contribution is -2.53. The highest BCUT2D eigenvalue weighted by atomic mass is 14.6. The maximum Gasteiger partial charge on any atom is -0.0200 e. The van der Waals surface area contributed by atoms with E-state index in [0.717, 1.165) is 107 Å². The van der Waals surface area contributed by atoms with Crippen molar-refractivity contribution in [2.45, 2.75) is 283 Å². The Morgan fingerprint density at radius 2 is 0.485 bits per heavy atom. The van der Waals surface area contributed by atoms with Crippen LogP contribution in [0.15, 0.2) is 23.3 Å². The molecule has 0 aromatic heterocycles. The first-order valence-corrected chi connectivity index (χ1v) is 32.2. The molecule has 11 aliphatic carbocycles. The molecule has 66 heavy (non-hydrogen) atoms. The summed E-state index contributed by atoms with van der Waals surface area (Å²) in [6.45, 7) is 0. The molecule has 372 valence electrons. The van der Waals surface area contributed by atoms with Crippen LogP contribution in [0.3, 0.4) is 0 Å². The number of hydrogen-bond donors (Lipinski definition) is 0. The summed E-state index contributed by atoms with van der Waals surface area (Å²) in [5.41, 5.74) is 4.13. The summed E-state index contributed by atoms with van der Waals surface area (Å²) in [6, 6.07) is 0. The van der Waals surface area contributed by atoms with Crippen molar-refractivity contribution >= 4 is 0 Å². The summed E-state index contributed by atoms with van der Waals surface area (Å²) in [6.07, 6.45) is 74.7. The van der Waals surface area contributed by atoms with Crippen molar-refractivity contribution < 1.29 is 0 Å². The number of allylic oxidation sites excluding steroid dienone is 4. The molecule has 0 heteroatoms. The predicted molar refractivity (Wildman–Crippen MR) is 282 cm³/mol. The van der Waals surface area contributed by atoms with Crippen molar-refractivity contribution in [3.05, 3.63) is 23.3 Å². The van der Waals surface area contributed by atoms with Gasteiger partial charge in [0, 0.05) is 0 Å². The summed E-state index contributed by atoms with van der Waals surface area (Å²) >= 11 is 0. The first kappa shape index (κ1) is 47.8. The van der Waals surface area contributed by atoms with Crippen molar-refractivity contribution in [2.75, 3.05) is 0 Å². The summed E-state index contributed by atoms with van der Waals surface area (Å²) in [5.74, 6) is 18.5. The molecule has 0 nitrogen and oxygen atoms in total. The van der Waals surface area contributed by atoms with Crippen molar-refractivity contribution in [2.24, 2.45) is 107 Å². The summed E-state index contributed by atoms with van der Waals surface area (Å²) in [7, 11) is 0. The Hall–Kier alpha value is -0.520. The van der Waals surface area contributed by atoms with Gasteiger partial charge in [-0.05, 0) is 235 Å². The molecule has 0 radical (unpaired) electrons. The fourth-order valence-corrected chi connectivity index (χ4v) is 21.5. The van der Waals surface area contributed by atoms with Crippen molar-refractivity contribution in [1.82, 2.24) is 0 Å². The molecule has 0 amide bonds. The van der Waals surface area contributed by atoms with Crippen LogP contribution in [0, 0.1) is 107 Å². The zero-order valence-electron chi connectivity index (χ0n) is 43.7. The van der Waals surface area contributed by atoms with Gasteiger partial charge in [-0.2, -0.15) is 0 Å². The van der Waals surface area contributed by atoms with Gasteiger partial charge < -0.3 is 0 Å². The lowest BCUT2D eigenvalue weighted by Gasteiger charge is -2.60. The average Bonchev–Trinajstić information content (AvgIpc) is 3.40. The fraction of sp³-hybridized carbons (Fsp3) is 0.939. The van der Waals surface area contributed by atoms with E-state index >= 15 is 0 Å². The zero-order chi connectivity index (χ0) is 44.1. The molecule has 11 rings (SSSR count). The topological polar surface area (TPSA) is 0 Å². The molecule has 11 fully saturated rings. The minimum atomic E-state index is 0.908. The first-order chi connectivity index (χ1) is 32.7. The molecule has 0 saturated heterocycles. The maximum absolute atomic E-state index is 3.12. The van der Waals surface area contributed by atoms with Crippen LogP contribution in [0.1, 0.15) is 283 Å². The number of hydrogen-bond acceptors (Lipinski definition) is 0. The Morgan fingerprint density at radius 1 is 0.212 bits per heavy atom. The smallest absolute Gasteiger partial charge is 0.0200 e. The average molecular weight is 902 g/mol. The molecule has 0 aromatic carbocycles. The molecule has 0 heterocycles. The Kier molecular flexibility index (Phi) is 16.9. The lowest BCUT2D eigenvalue weighted by atomic mass is 9.45. The Labute approximate surface area is 410 Å². The van der Waals surface area contributed by atoms with Gasteiger partial charge in [0.2, 0.25) is 0 Å². The maximum atomic E-state index is 3.12. The first-order valence-electron chi connectivity index (χ1n) is 32.2. The van der Waals surface area contributed by atoms with Crippen molar-refractivity contribution in [3.63, 3.8) is 0 Å². The van der Waals surface area contributed by atoms with E-state index in [4.69, 9.17) is 0 Å². The van der Waals surface area contributed by atoms with Gasteiger partial charge in [-0.25, -0.2) is 0 Å². The monoisotopic (exact) mass is 901 g/mol. The van der Waals surface area contributed by atoms with Crippen LogP contribution in [-0.2, 0) is 0 Å². The molecule has 0 aliphatic heterocycles. The standard InChI is InChI=1S/C66H108/c1-5-21-49(22-6-1)51-35-39-55(40-36-51)63(53-25-9-3-10-26-53)45-47-19-17-29-57(43-47)65-59-31-13-15-33-61(59)66(62-34-16-14-32-60(62)65)58-30-18-20-48(44-58)46-64(54-27-11-4-12-28-54)56-41-37-52(38-42-56)50-23-7-2-8-24-50/h45-62,65-66H,1-44H2/b63-45-,64-46-. The summed E-state index contributed by atoms with van der Waals surface area (Å²) in [4.78, 5) is 0. The van der Waals surface area contributed by atoms with Gasteiger partial charge in [0.15, 0.2) is 0 Å². The quantitative estimate of drug-likeness (QED) is 0.192. The van der Waals surface area contributed by atoms with Gasteiger partial charge in [0.1, 0.15) is 0 Å². The molecule has 0 N–H and O–H groups in total. The van der Waals surface area contributed by atoms with E-state index in [0.29, 0.717) is 0 Å². The van der Waals surface area contributed by atoms with E-state index < -0.39 is 0 Å². The molecule has 0 aromatic rings. The van der Waals surface area contributed by atoms with E-state index in [1.807, 2.05) is 0 Å². The lowest BCUT2D eigenvalue weighted by molar-refractivity contribution is -0.114. The van der Waals surface area contributed by atoms with Crippen LogP contribution in [0.5, 0.6) is 0 Å². The second kappa shape index (κ2) is 23.4. The Morgan fingerprint density at radius 3 is 0.833 bits per heavy atom. The van der Waals surface area contributed by atoms with E-state index in [-0.39, 0.29) is 0 Å². The van der Waals surface area contributed by atoms with E-state index in [1.165, 1.54) is 116 Å². The van der Waals surface area contributed by atoms with Gasteiger partial charge in [0.05, 0.1) is 0 Å². The van der Waals surface area contributed by atoms with Crippen molar-refractivity contribution in [1.29, 1.82) is 0 Å². The zero-order valence-corrected chi connectivity index (χ0v) is 43.7. The third-order valence-electron chi connectivity index (χ3n) is 24.5. The summed E-state index contributed by atoms with van der Waals surface area (Å²) in [5, 5.41) is 0. The number of rotatable bonds is 10. The van der Waals surface area contributed by atoms with Crippen LogP contribution in [-0.4, -0.2) is 0 Å². The second-order valence-corrected chi connectivity index (χ2v) is 27.8. The van der Waals surface area contributed by atoms with Crippen LogP contribution >= 0.6 is 0 Å². The molecule has 11 saturated carbocycles. The van der Waals surface area contributed by atoms with Crippen LogP contribution in [0.25, 0.3) is 0 Å². The SMILES string of the molecule is C(=C(\C1CCCCC1)C1CCC(C2CCCCC2)CC1)/C1CCCC(C2C3CCCCC3C(C3CCCC(/C=C(/C4CCCCC4)C4CCC(C5CCCCC5)CC4)C3)C3CCCCC32)C1. The second-order valence-electron chi connectivity index (χ2n) is 27.8. The van der Waals surface area contributed by atoms with Crippen molar-refractivity contribution in [3.8, 4) is 0 Å². The Balaban J connectivity index is 0.795. The van der Waals surface area contributed by atoms with Crippen LogP contribution in [0.4, 0.5) is 0 Å². The predicted octanol–water partition coefficient (Wildman–Crippen LogP) is 20.2. The van der Waals surface area contributed by atoms with Gasteiger partial charge in [-0.1, -0.05) is 177 Å². The minimum absolute atomic E-state index is 0.908. The van der Waals surface area contributed by atoms with Gasteiger partial charge in [-0.15, -0.1) is 0 Å². The molecule has 8 unspecified atom stereocenters. The number of fused-ring (bicyclic) bond motifs is 2. The fourth-order valence-electron chi connectivity index (χ4n) is 21.5. The Bertz CT molecular complexity index is 1370. The molecule has 0 spiro atoms. The summed E-state index contributed by atoms with van der Waals surface area (Å²) < 4.78 is 0.